The van der Waals surface area contributed by atoms with Gasteiger partial charge in [-0.3, -0.25) is 0 Å². The molecule has 0 saturated carbocycles. The zero-order chi connectivity index (χ0) is 9.42. The van der Waals surface area contributed by atoms with Crippen LogP contribution in [0, 0.1) is 0 Å². The molecule has 66 valence electrons. The molecular formula is C12H13N. The maximum atomic E-state index is 4.06. The molecule has 13 heavy (non-hydrogen) atoms. The molecule has 0 aliphatic carbocycles. The molecule has 1 aromatic heterocycles. The van der Waals surface area contributed by atoms with Crippen LogP contribution in [0.3, 0.4) is 0 Å². The number of fused-ring (bicyclic) bond motifs is 1. The molecule has 1 heterocycles. The van der Waals surface area contributed by atoms with Crippen LogP contribution in [0.4, 0.5) is 0 Å². The fraction of sp³-hybridized carbons (Fsp3) is 0.167. The standard InChI is InChI=1S/C12H13N/c1-4-10-9(2)13(3)12-8-6-5-7-11(10)12/h4-8H,2H2,1,3H3. The number of para-hydroxylation sites is 1. The Kier molecular flexibility index (Phi) is 1.73. The molecule has 1 nitrogen and oxygen atoms in total. The number of rotatable bonds is 0. The molecule has 2 aromatic rings. The van der Waals surface area contributed by atoms with E-state index in [-0.39, 0.29) is 0 Å². The number of hydrogen-bond donors (Lipinski definition) is 0. The highest BCUT2D eigenvalue weighted by Gasteiger charge is 1.99. The summed E-state index contributed by atoms with van der Waals surface area (Å²) >= 11 is 0. The van der Waals surface area contributed by atoms with Crippen molar-refractivity contribution < 1.29 is 0 Å². The minimum Gasteiger partial charge on any atom is -0.344 e. The zero-order valence-corrected chi connectivity index (χ0v) is 8.04. The third-order valence-corrected chi connectivity index (χ3v) is 2.56. The van der Waals surface area contributed by atoms with Crippen molar-refractivity contribution in [2.45, 2.75) is 6.92 Å². The maximum Gasteiger partial charge on any atom is 0.0488 e. The van der Waals surface area contributed by atoms with E-state index in [2.05, 4.69) is 55.5 Å². The van der Waals surface area contributed by atoms with Crippen molar-refractivity contribution in [2.24, 2.45) is 7.05 Å². The first kappa shape index (κ1) is 8.11. The molecule has 0 spiro atoms. The molecule has 0 radical (unpaired) electrons. The molecule has 0 aliphatic heterocycles. The van der Waals surface area contributed by atoms with Gasteiger partial charge in [-0.05, 0) is 13.0 Å². The van der Waals surface area contributed by atoms with Gasteiger partial charge in [-0.25, -0.2) is 0 Å². The van der Waals surface area contributed by atoms with Crippen molar-refractivity contribution in [1.29, 1.82) is 0 Å². The minimum absolute atomic E-state index is 1.09. The van der Waals surface area contributed by atoms with E-state index in [0.717, 1.165) is 5.35 Å². The van der Waals surface area contributed by atoms with Crippen LogP contribution < -0.4 is 10.6 Å². The van der Waals surface area contributed by atoms with Gasteiger partial charge in [-0.15, -0.1) is 0 Å². The first-order valence-electron chi connectivity index (χ1n) is 4.44. The number of hydrogen-bond acceptors (Lipinski definition) is 0. The summed E-state index contributed by atoms with van der Waals surface area (Å²) in [5.74, 6) is 0. The monoisotopic (exact) mass is 171 g/mol. The molecule has 2 rings (SSSR count). The fourth-order valence-electron chi connectivity index (χ4n) is 1.80. The number of aromatic nitrogens is 1. The molecular weight excluding hydrogens is 158 g/mol. The van der Waals surface area contributed by atoms with Crippen LogP contribution in [-0.4, -0.2) is 4.57 Å². The minimum atomic E-state index is 1.09. The summed E-state index contributed by atoms with van der Waals surface area (Å²) in [5, 5.41) is 3.62. The van der Waals surface area contributed by atoms with Gasteiger partial charge in [0.25, 0.3) is 0 Å². The second-order valence-electron chi connectivity index (χ2n) is 3.23. The van der Waals surface area contributed by atoms with Gasteiger partial charge in [-0.1, -0.05) is 30.9 Å². The summed E-state index contributed by atoms with van der Waals surface area (Å²) in [4.78, 5) is 0. The van der Waals surface area contributed by atoms with Crippen LogP contribution in [0.2, 0.25) is 0 Å². The highest BCUT2D eigenvalue weighted by molar-refractivity contribution is 5.81. The fourth-order valence-corrected chi connectivity index (χ4v) is 1.80. The lowest BCUT2D eigenvalue weighted by Gasteiger charge is -1.93. The van der Waals surface area contributed by atoms with Crippen molar-refractivity contribution in [3.63, 3.8) is 0 Å². The van der Waals surface area contributed by atoms with E-state index >= 15 is 0 Å². The molecule has 0 fully saturated rings. The Morgan fingerprint density at radius 2 is 2.00 bits per heavy atom. The molecule has 1 aromatic carbocycles. The molecule has 0 bridgehead atoms. The van der Waals surface area contributed by atoms with Crippen molar-refractivity contribution in [1.82, 2.24) is 4.57 Å². The summed E-state index contributed by atoms with van der Waals surface area (Å²) in [6.45, 7) is 6.11. The van der Waals surface area contributed by atoms with Crippen LogP contribution >= 0.6 is 0 Å². The van der Waals surface area contributed by atoms with Crippen LogP contribution in [0.1, 0.15) is 6.92 Å². The maximum absolute atomic E-state index is 4.06. The Morgan fingerprint density at radius 1 is 1.31 bits per heavy atom. The first-order valence-corrected chi connectivity index (χ1v) is 4.44. The largest absolute Gasteiger partial charge is 0.344 e. The topological polar surface area (TPSA) is 4.93 Å². The SMILES string of the molecule is C=c1c(=CC)c2ccccc2n1C. The van der Waals surface area contributed by atoms with Crippen molar-refractivity contribution >= 4 is 23.6 Å². The summed E-state index contributed by atoms with van der Waals surface area (Å²) in [7, 11) is 2.05. The van der Waals surface area contributed by atoms with E-state index in [4.69, 9.17) is 0 Å². The number of nitrogens with zero attached hydrogens (tertiary/aromatic N) is 1. The van der Waals surface area contributed by atoms with Gasteiger partial charge in [0, 0.05) is 28.5 Å². The lowest BCUT2D eigenvalue weighted by Crippen LogP contribution is -2.25. The summed E-state index contributed by atoms with van der Waals surface area (Å²) in [5.41, 5.74) is 1.25. The predicted octanol–water partition coefficient (Wildman–Crippen LogP) is 1.39. The first-order chi connectivity index (χ1) is 6.25. The van der Waals surface area contributed by atoms with Crippen molar-refractivity contribution in [3.8, 4) is 0 Å². The Balaban J connectivity index is 3.18. The van der Waals surface area contributed by atoms with Gasteiger partial charge < -0.3 is 4.57 Å². The average molecular weight is 171 g/mol. The van der Waals surface area contributed by atoms with E-state index in [9.17, 15) is 0 Å². The van der Waals surface area contributed by atoms with Crippen LogP contribution in [-0.2, 0) is 7.05 Å². The normalized spacial score (nSPS) is 12.6. The highest BCUT2D eigenvalue weighted by atomic mass is 14.9. The zero-order valence-electron chi connectivity index (χ0n) is 8.04. The lowest BCUT2D eigenvalue weighted by atomic mass is 10.2. The Hall–Kier alpha value is -1.50. The molecule has 0 unspecified atom stereocenters. The quantitative estimate of drug-likeness (QED) is 0.564. The molecule has 0 atom stereocenters. The third kappa shape index (κ3) is 1.00. The van der Waals surface area contributed by atoms with Gasteiger partial charge in [0.1, 0.15) is 0 Å². The van der Waals surface area contributed by atoms with Crippen molar-refractivity contribution in [3.05, 3.63) is 34.8 Å². The highest BCUT2D eigenvalue weighted by Crippen LogP contribution is 2.05. The van der Waals surface area contributed by atoms with E-state index in [1.807, 2.05) is 0 Å². The molecule has 0 amide bonds. The van der Waals surface area contributed by atoms with Crippen LogP contribution in [0.5, 0.6) is 0 Å². The van der Waals surface area contributed by atoms with Crippen LogP contribution in [0.15, 0.2) is 24.3 Å². The number of benzene rings is 1. The van der Waals surface area contributed by atoms with Gasteiger partial charge >= 0.3 is 0 Å². The second-order valence-corrected chi connectivity index (χ2v) is 3.23. The summed E-state index contributed by atoms with van der Waals surface area (Å²) in [6, 6.07) is 8.38. The number of aryl methyl sites for hydroxylation is 1. The van der Waals surface area contributed by atoms with Gasteiger partial charge in [0.2, 0.25) is 0 Å². The third-order valence-electron chi connectivity index (χ3n) is 2.56. The molecule has 0 saturated heterocycles. The Bertz CT molecular complexity index is 546. The predicted molar refractivity (Wildman–Crippen MR) is 57.8 cm³/mol. The summed E-state index contributed by atoms with van der Waals surface area (Å²) < 4.78 is 2.13. The van der Waals surface area contributed by atoms with E-state index < -0.39 is 0 Å². The van der Waals surface area contributed by atoms with Gasteiger partial charge in [-0.2, -0.15) is 0 Å². The summed E-state index contributed by atoms with van der Waals surface area (Å²) in [6.07, 6.45) is 2.12. The smallest absolute Gasteiger partial charge is 0.0488 e. The van der Waals surface area contributed by atoms with Crippen LogP contribution in [0.25, 0.3) is 23.6 Å². The van der Waals surface area contributed by atoms with E-state index in [0.29, 0.717) is 0 Å². The second kappa shape index (κ2) is 2.77. The van der Waals surface area contributed by atoms with E-state index in [1.165, 1.54) is 16.1 Å². The Labute approximate surface area is 77.6 Å². The molecule has 1 heteroatoms. The van der Waals surface area contributed by atoms with Crippen molar-refractivity contribution in [2.75, 3.05) is 0 Å². The molecule has 0 aliphatic rings. The van der Waals surface area contributed by atoms with Gasteiger partial charge in [0.05, 0.1) is 0 Å². The Morgan fingerprint density at radius 3 is 2.69 bits per heavy atom. The van der Waals surface area contributed by atoms with Gasteiger partial charge in [0.15, 0.2) is 0 Å². The van der Waals surface area contributed by atoms with E-state index in [1.54, 1.807) is 0 Å². The lowest BCUT2D eigenvalue weighted by molar-refractivity contribution is 0.928. The average Bonchev–Trinajstić information content (AvgIpc) is 2.41. The molecule has 0 N–H and O–H groups in total.